The molecular formula is C13H20N2O4S. The maximum atomic E-state index is 11.8. The van der Waals surface area contributed by atoms with Crippen LogP contribution in [0.15, 0.2) is 24.3 Å². The van der Waals surface area contributed by atoms with E-state index in [4.69, 9.17) is 5.11 Å². The Kier molecular flexibility index (Phi) is 6.12. The number of benzene rings is 1. The van der Waals surface area contributed by atoms with Crippen molar-refractivity contribution >= 4 is 16.2 Å². The zero-order chi connectivity index (χ0) is 15.2. The van der Waals surface area contributed by atoms with E-state index in [1.54, 1.807) is 0 Å². The van der Waals surface area contributed by atoms with E-state index in [1.807, 2.05) is 31.2 Å². The van der Waals surface area contributed by atoms with E-state index in [1.165, 1.54) is 7.05 Å². The highest BCUT2D eigenvalue weighted by Crippen LogP contribution is 2.07. The first kappa shape index (κ1) is 16.6. The van der Waals surface area contributed by atoms with Crippen molar-refractivity contribution in [1.29, 1.82) is 0 Å². The molecule has 0 aliphatic carbocycles. The van der Waals surface area contributed by atoms with Crippen LogP contribution in [0.5, 0.6) is 0 Å². The van der Waals surface area contributed by atoms with Gasteiger partial charge >= 0.3 is 5.97 Å². The van der Waals surface area contributed by atoms with Gasteiger partial charge in [0, 0.05) is 20.1 Å². The van der Waals surface area contributed by atoms with Crippen molar-refractivity contribution in [1.82, 2.24) is 9.03 Å². The molecule has 1 rings (SSSR count). The minimum Gasteiger partial charge on any atom is -0.481 e. The van der Waals surface area contributed by atoms with Gasteiger partial charge in [-0.1, -0.05) is 24.3 Å². The molecule has 0 amide bonds. The summed E-state index contributed by atoms with van der Waals surface area (Å²) in [6, 6.07) is 7.78. The summed E-state index contributed by atoms with van der Waals surface area (Å²) < 4.78 is 27.2. The van der Waals surface area contributed by atoms with E-state index in [-0.39, 0.29) is 19.5 Å². The summed E-state index contributed by atoms with van der Waals surface area (Å²) in [7, 11) is -2.26. The lowest BCUT2D eigenvalue weighted by Crippen LogP contribution is -2.40. The van der Waals surface area contributed by atoms with Crippen LogP contribution in [0.25, 0.3) is 0 Å². The second-order valence-corrected chi connectivity index (χ2v) is 6.40. The van der Waals surface area contributed by atoms with Gasteiger partial charge in [0.05, 0.1) is 6.42 Å². The van der Waals surface area contributed by atoms with E-state index in [0.29, 0.717) is 6.42 Å². The number of carboxylic acid groups (broad SMARTS) is 1. The Morgan fingerprint density at radius 1 is 1.35 bits per heavy atom. The average molecular weight is 300 g/mol. The van der Waals surface area contributed by atoms with Crippen LogP contribution in [0, 0.1) is 6.92 Å². The first-order chi connectivity index (χ1) is 9.33. The zero-order valence-corrected chi connectivity index (χ0v) is 12.5. The van der Waals surface area contributed by atoms with Crippen molar-refractivity contribution in [3.63, 3.8) is 0 Å². The van der Waals surface area contributed by atoms with Gasteiger partial charge in [-0.05, 0) is 24.5 Å². The number of rotatable bonds is 8. The summed E-state index contributed by atoms with van der Waals surface area (Å²) >= 11 is 0. The molecule has 0 heterocycles. The third-order valence-electron chi connectivity index (χ3n) is 2.99. The minimum atomic E-state index is -3.62. The first-order valence-corrected chi connectivity index (χ1v) is 7.74. The molecule has 0 fully saturated rings. The van der Waals surface area contributed by atoms with Crippen LogP contribution in [-0.4, -0.2) is 43.9 Å². The van der Waals surface area contributed by atoms with Crippen molar-refractivity contribution in [2.45, 2.75) is 19.8 Å². The summed E-state index contributed by atoms with van der Waals surface area (Å²) in [5.74, 6) is -1.02. The fraction of sp³-hybridized carbons (Fsp3) is 0.462. The molecule has 112 valence electrons. The largest absolute Gasteiger partial charge is 0.481 e. The molecule has 0 unspecified atom stereocenters. The highest BCUT2D eigenvalue weighted by molar-refractivity contribution is 7.87. The van der Waals surface area contributed by atoms with Gasteiger partial charge in [-0.15, -0.1) is 0 Å². The zero-order valence-electron chi connectivity index (χ0n) is 11.7. The minimum absolute atomic E-state index is 0.0466. The summed E-state index contributed by atoms with van der Waals surface area (Å²) in [6.45, 7) is 2.21. The van der Waals surface area contributed by atoms with Crippen molar-refractivity contribution in [2.24, 2.45) is 0 Å². The Balaban J connectivity index is 2.47. The van der Waals surface area contributed by atoms with Crippen molar-refractivity contribution in [2.75, 3.05) is 20.1 Å². The van der Waals surface area contributed by atoms with Gasteiger partial charge < -0.3 is 5.11 Å². The molecule has 0 aliphatic heterocycles. The maximum Gasteiger partial charge on any atom is 0.304 e. The summed E-state index contributed by atoms with van der Waals surface area (Å²) in [6.07, 6.45) is 0.383. The highest BCUT2D eigenvalue weighted by atomic mass is 32.2. The van der Waals surface area contributed by atoms with Crippen LogP contribution in [0.2, 0.25) is 0 Å². The van der Waals surface area contributed by atoms with Gasteiger partial charge in [0.25, 0.3) is 10.2 Å². The number of carbonyl (C=O) groups is 1. The Morgan fingerprint density at radius 3 is 2.60 bits per heavy atom. The van der Waals surface area contributed by atoms with Crippen LogP contribution >= 0.6 is 0 Å². The normalized spacial score (nSPS) is 11.8. The molecule has 0 bridgehead atoms. The highest BCUT2D eigenvalue weighted by Gasteiger charge is 2.17. The van der Waals surface area contributed by atoms with Crippen molar-refractivity contribution in [3.05, 3.63) is 35.4 Å². The average Bonchev–Trinajstić information content (AvgIpc) is 2.38. The van der Waals surface area contributed by atoms with Crippen molar-refractivity contribution < 1.29 is 18.3 Å². The van der Waals surface area contributed by atoms with Crippen molar-refractivity contribution in [3.8, 4) is 0 Å². The number of nitrogens with zero attached hydrogens (tertiary/aromatic N) is 1. The monoisotopic (exact) mass is 300 g/mol. The molecule has 6 nitrogen and oxygen atoms in total. The van der Waals surface area contributed by atoms with Gasteiger partial charge in [0.2, 0.25) is 0 Å². The van der Waals surface area contributed by atoms with Gasteiger partial charge in [0.15, 0.2) is 0 Å². The molecule has 7 heteroatoms. The lowest BCUT2D eigenvalue weighted by molar-refractivity contribution is -0.137. The SMILES string of the molecule is Cc1ccccc1CCNS(=O)(=O)N(C)CCC(=O)O. The molecule has 0 atom stereocenters. The molecule has 0 spiro atoms. The first-order valence-electron chi connectivity index (χ1n) is 6.30. The van der Waals surface area contributed by atoms with Crippen LogP contribution in [-0.2, 0) is 21.4 Å². The molecule has 0 aromatic heterocycles. The summed E-state index contributed by atoms with van der Waals surface area (Å²) in [5.41, 5.74) is 2.20. The third-order valence-corrected chi connectivity index (χ3v) is 4.56. The number of hydrogen-bond donors (Lipinski definition) is 2. The van der Waals surface area contributed by atoms with E-state index in [2.05, 4.69) is 4.72 Å². The third kappa shape index (κ3) is 5.28. The van der Waals surface area contributed by atoms with Gasteiger partial charge in [-0.3, -0.25) is 4.79 Å². The fourth-order valence-corrected chi connectivity index (χ4v) is 2.60. The number of aryl methyl sites for hydroxylation is 1. The van der Waals surface area contributed by atoms with Crippen LogP contribution in [0.1, 0.15) is 17.5 Å². The van der Waals surface area contributed by atoms with E-state index in [0.717, 1.165) is 15.4 Å². The second kappa shape index (κ2) is 7.37. The molecule has 1 aromatic rings. The lowest BCUT2D eigenvalue weighted by atomic mass is 10.1. The number of nitrogens with one attached hydrogen (secondary N) is 1. The van der Waals surface area contributed by atoms with E-state index in [9.17, 15) is 13.2 Å². The fourth-order valence-electron chi connectivity index (χ4n) is 1.69. The van der Waals surface area contributed by atoms with E-state index >= 15 is 0 Å². The van der Waals surface area contributed by atoms with Crippen LogP contribution < -0.4 is 4.72 Å². The topological polar surface area (TPSA) is 86.7 Å². The quantitative estimate of drug-likeness (QED) is 0.743. The molecular weight excluding hydrogens is 280 g/mol. The predicted octanol–water partition coefficient (Wildman–Crippen LogP) is 0.778. The Labute approximate surface area is 119 Å². The summed E-state index contributed by atoms with van der Waals surface area (Å²) in [4.78, 5) is 10.4. The number of hydrogen-bond acceptors (Lipinski definition) is 3. The Hall–Kier alpha value is -1.44. The van der Waals surface area contributed by atoms with Crippen LogP contribution in [0.3, 0.4) is 0 Å². The Morgan fingerprint density at radius 2 is 2.00 bits per heavy atom. The predicted molar refractivity (Wildman–Crippen MR) is 76.7 cm³/mol. The van der Waals surface area contributed by atoms with Gasteiger partial charge in [0.1, 0.15) is 0 Å². The maximum absolute atomic E-state index is 11.8. The number of aliphatic carboxylic acids is 1. The molecule has 0 radical (unpaired) electrons. The Bertz CT molecular complexity index is 557. The van der Waals surface area contributed by atoms with Gasteiger partial charge in [-0.2, -0.15) is 12.7 Å². The standard InChI is InChI=1S/C13H20N2O4S/c1-11-5-3-4-6-12(11)7-9-14-20(18,19)15(2)10-8-13(16)17/h3-6,14H,7-10H2,1-2H3,(H,16,17). The van der Waals surface area contributed by atoms with E-state index < -0.39 is 16.2 Å². The molecule has 2 N–H and O–H groups in total. The second-order valence-electron chi connectivity index (χ2n) is 4.54. The summed E-state index contributed by atoms with van der Waals surface area (Å²) in [5, 5.41) is 8.54. The molecule has 0 saturated carbocycles. The molecule has 0 saturated heterocycles. The van der Waals surface area contributed by atoms with Gasteiger partial charge in [-0.25, -0.2) is 4.72 Å². The smallest absolute Gasteiger partial charge is 0.304 e. The van der Waals surface area contributed by atoms with Crippen LogP contribution in [0.4, 0.5) is 0 Å². The molecule has 1 aromatic carbocycles. The lowest BCUT2D eigenvalue weighted by Gasteiger charge is -2.17. The number of carboxylic acids is 1. The molecule has 0 aliphatic rings. The molecule has 20 heavy (non-hydrogen) atoms.